The van der Waals surface area contributed by atoms with E-state index in [4.69, 9.17) is 16.0 Å². The Morgan fingerprint density at radius 1 is 1.18 bits per heavy atom. The van der Waals surface area contributed by atoms with Crippen molar-refractivity contribution in [3.8, 4) is 11.3 Å². The lowest BCUT2D eigenvalue weighted by atomic mass is 10.1. The van der Waals surface area contributed by atoms with Gasteiger partial charge in [-0.2, -0.15) is 0 Å². The summed E-state index contributed by atoms with van der Waals surface area (Å²) in [6.07, 6.45) is 1.65. The summed E-state index contributed by atoms with van der Waals surface area (Å²) >= 11 is 6.02. The smallest absolute Gasteiger partial charge is 0.242 e. The van der Waals surface area contributed by atoms with E-state index in [-0.39, 0.29) is 4.90 Å². The fourth-order valence-electron chi connectivity index (χ4n) is 2.71. The highest BCUT2D eigenvalue weighted by Crippen LogP contribution is 2.27. The Kier molecular flexibility index (Phi) is 5.79. The molecule has 0 amide bonds. The summed E-state index contributed by atoms with van der Waals surface area (Å²) < 4.78 is 31.9. The van der Waals surface area contributed by atoms with Crippen LogP contribution in [0.25, 0.3) is 11.3 Å². The van der Waals surface area contributed by atoms with E-state index in [2.05, 4.69) is 10.3 Å². The Balaban J connectivity index is 1.83. The quantitative estimate of drug-likeness (QED) is 0.637. The minimum absolute atomic E-state index is 0.245. The maximum absolute atomic E-state index is 12.5. The number of halogens is 1. The number of rotatable bonds is 6. The Bertz CT molecular complexity index is 1110. The zero-order chi connectivity index (χ0) is 20.5. The molecular weight excluding hydrogens is 398 g/mol. The van der Waals surface area contributed by atoms with Crippen LogP contribution in [0.15, 0.2) is 51.9 Å². The van der Waals surface area contributed by atoms with Crippen LogP contribution in [0.3, 0.4) is 0 Å². The lowest BCUT2D eigenvalue weighted by molar-refractivity contribution is 0.516. The van der Waals surface area contributed by atoms with Crippen LogP contribution in [0, 0.1) is 13.8 Å². The molecule has 1 aromatic heterocycles. The van der Waals surface area contributed by atoms with Gasteiger partial charge in [-0.3, -0.25) is 0 Å². The second kappa shape index (κ2) is 7.95. The summed E-state index contributed by atoms with van der Waals surface area (Å²) in [5.41, 5.74) is 3.43. The summed E-state index contributed by atoms with van der Waals surface area (Å²) in [6, 6.07) is 10.7. The first-order valence-corrected chi connectivity index (χ1v) is 10.5. The molecule has 0 spiro atoms. The van der Waals surface area contributed by atoms with Crippen molar-refractivity contribution in [1.29, 1.82) is 0 Å². The number of aryl methyl sites for hydroxylation is 1. The molecule has 0 saturated heterocycles. The number of nitrogens with zero attached hydrogens (tertiary/aromatic N) is 2. The summed E-state index contributed by atoms with van der Waals surface area (Å²) in [4.78, 5) is 4.54. The third kappa shape index (κ3) is 4.22. The van der Waals surface area contributed by atoms with E-state index in [1.165, 1.54) is 18.4 Å². The van der Waals surface area contributed by atoms with E-state index in [0.717, 1.165) is 22.4 Å². The normalized spacial score (nSPS) is 11.8. The maximum Gasteiger partial charge on any atom is 0.242 e. The molecular formula is C20H22ClN3O3S. The molecule has 3 rings (SSSR count). The Hall–Kier alpha value is -2.35. The molecule has 3 aromatic rings. The van der Waals surface area contributed by atoms with Crippen LogP contribution in [-0.2, 0) is 16.6 Å². The molecule has 0 radical (unpaired) electrons. The van der Waals surface area contributed by atoms with E-state index in [1.807, 2.05) is 32.0 Å². The number of sulfonamides is 1. The van der Waals surface area contributed by atoms with Gasteiger partial charge in [-0.1, -0.05) is 23.7 Å². The van der Waals surface area contributed by atoms with E-state index >= 15 is 0 Å². The average molecular weight is 420 g/mol. The van der Waals surface area contributed by atoms with Gasteiger partial charge in [0.05, 0.1) is 17.6 Å². The Morgan fingerprint density at radius 2 is 1.93 bits per heavy atom. The fraction of sp³-hybridized carbons (Fsp3) is 0.250. The van der Waals surface area contributed by atoms with Crippen LogP contribution < -0.4 is 5.32 Å². The standard InChI is InChI=1S/C20H22ClN3O3S/c1-13-8-17(28(25,26)24(3)4)10-18(14(13)2)22-12-20-23-11-19(27-20)15-6-5-7-16(21)9-15/h5-11,22H,12H2,1-4H3. The lowest BCUT2D eigenvalue weighted by Crippen LogP contribution is -2.22. The van der Waals surface area contributed by atoms with Gasteiger partial charge in [0.15, 0.2) is 5.76 Å². The van der Waals surface area contributed by atoms with Crippen molar-refractivity contribution in [2.45, 2.75) is 25.3 Å². The highest BCUT2D eigenvalue weighted by molar-refractivity contribution is 7.89. The van der Waals surface area contributed by atoms with Gasteiger partial charge in [0.25, 0.3) is 0 Å². The third-order valence-electron chi connectivity index (χ3n) is 4.51. The number of oxazole rings is 1. The molecule has 2 aromatic carbocycles. The number of hydrogen-bond acceptors (Lipinski definition) is 5. The minimum atomic E-state index is -3.52. The lowest BCUT2D eigenvalue weighted by Gasteiger charge is -2.16. The van der Waals surface area contributed by atoms with Crippen molar-refractivity contribution in [1.82, 2.24) is 9.29 Å². The minimum Gasteiger partial charge on any atom is -0.439 e. The molecule has 6 nitrogen and oxygen atoms in total. The van der Waals surface area contributed by atoms with Crippen LogP contribution in [-0.4, -0.2) is 31.8 Å². The van der Waals surface area contributed by atoms with Crippen LogP contribution in [0.5, 0.6) is 0 Å². The molecule has 0 saturated carbocycles. The number of benzene rings is 2. The van der Waals surface area contributed by atoms with Crippen molar-refractivity contribution < 1.29 is 12.8 Å². The predicted molar refractivity (Wildman–Crippen MR) is 111 cm³/mol. The number of hydrogen-bond donors (Lipinski definition) is 1. The van der Waals surface area contributed by atoms with Crippen LogP contribution in [0.2, 0.25) is 5.02 Å². The molecule has 0 bridgehead atoms. The molecule has 1 N–H and O–H groups in total. The van der Waals surface area contributed by atoms with Crippen LogP contribution in [0.4, 0.5) is 5.69 Å². The zero-order valence-electron chi connectivity index (χ0n) is 16.2. The van der Waals surface area contributed by atoms with Gasteiger partial charge in [-0.05, 0) is 49.2 Å². The van der Waals surface area contributed by atoms with E-state index in [0.29, 0.717) is 23.2 Å². The Labute approximate surface area is 170 Å². The van der Waals surface area contributed by atoms with Crippen molar-refractivity contribution in [3.63, 3.8) is 0 Å². The molecule has 0 fully saturated rings. The molecule has 0 aliphatic carbocycles. The first-order chi connectivity index (χ1) is 13.2. The second-order valence-corrected chi connectivity index (χ2v) is 9.27. The average Bonchev–Trinajstić information content (AvgIpc) is 3.11. The topological polar surface area (TPSA) is 75.4 Å². The van der Waals surface area contributed by atoms with Gasteiger partial charge < -0.3 is 9.73 Å². The van der Waals surface area contributed by atoms with Crippen molar-refractivity contribution in [3.05, 3.63) is 64.6 Å². The molecule has 148 valence electrons. The van der Waals surface area contributed by atoms with Crippen LogP contribution in [0.1, 0.15) is 17.0 Å². The largest absolute Gasteiger partial charge is 0.439 e. The fourth-order valence-corrected chi connectivity index (χ4v) is 3.91. The van der Waals surface area contributed by atoms with Gasteiger partial charge in [0.1, 0.15) is 0 Å². The number of aromatic nitrogens is 1. The van der Waals surface area contributed by atoms with Gasteiger partial charge in [-0.25, -0.2) is 17.7 Å². The summed E-state index contributed by atoms with van der Waals surface area (Å²) in [6.45, 7) is 4.15. The van der Waals surface area contributed by atoms with Gasteiger partial charge in [0.2, 0.25) is 15.9 Å². The van der Waals surface area contributed by atoms with Crippen molar-refractivity contribution in [2.24, 2.45) is 0 Å². The van der Waals surface area contributed by atoms with Gasteiger partial charge >= 0.3 is 0 Å². The first-order valence-electron chi connectivity index (χ1n) is 8.67. The summed E-state index contributed by atoms with van der Waals surface area (Å²) in [5.74, 6) is 1.11. The molecule has 0 aliphatic rings. The zero-order valence-corrected chi connectivity index (χ0v) is 17.7. The van der Waals surface area contributed by atoms with E-state index in [9.17, 15) is 8.42 Å². The second-order valence-electron chi connectivity index (χ2n) is 6.68. The predicted octanol–water partition coefficient (Wildman–Crippen LogP) is 4.47. The third-order valence-corrected chi connectivity index (χ3v) is 6.54. The SMILES string of the molecule is Cc1cc(S(=O)(=O)N(C)C)cc(NCc2ncc(-c3cccc(Cl)c3)o2)c1C. The molecule has 0 atom stereocenters. The van der Waals surface area contributed by atoms with Crippen molar-refractivity contribution >= 4 is 27.3 Å². The molecule has 8 heteroatoms. The molecule has 0 aliphatic heterocycles. The highest BCUT2D eigenvalue weighted by Gasteiger charge is 2.19. The van der Waals surface area contributed by atoms with Gasteiger partial charge in [-0.15, -0.1) is 0 Å². The number of anilines is 1. The monoisotopic (exact) mass is 419 g/mol. The van der Waals surface area contributed by atoms with Crippen molar-refractivity contribution in [2.75, 3.05) is 19.4 Å². The van der Waals surface area contributed by atoms with E-state index < -0.39 is 10.0 Å². The Morgan fingerprint density at radius 3 is 2.61 bits per heavy atom. The first kappa shape index (κ1) is 20.4. The summed E-state index contributed by atoms with van der Waals surface area (Å²) in [5, 5.41) is 3.86. The number of nitrogens with one attached hydrogen (secondary N) is 1. The molecule has 0 unspecified atom stereocenters. The molecule has 1 heterocycles. The van der Waals surface area contributed by atoms with Crippen LogP contribution >= 0.6 is 11.6 Å². The highest BCUT2D eigenvalue weighted by atomic mass is 35.5. The van der Waals surface area contributed by atoms with Gasteiger partial charge in [0, 0.05) is 30.4 Å². The summed E-state index contributed by atoms with van der Waals surface area (Å²) in [7, 11) is -0.485. The maximum atomic E-state index is 12.5. The van der Waals surface area contributed by atoms with E-state index in [1.54, 1.807) is 24.4 Å². The molecule has 28 heavy (non-hydrogen) atoms.